The number of aryl methyl sites for hydroxylation is 1. The molecule has 2 unspecified atom stereocenters. The van der Waals surface area contributed by atoms with Crippen LogP contribution in [0.3, 0.4) is 0 Å². The van der Waals surface area contributed by atoms with Gasteiger partial charge in [0.2, 0.25) is 17.4 Å². The molecule has 3 fully saturated rings. The van der Waals surface area contributed by atoms with Crippen LogP contribution in [-0.4, -0.2) is 40.3 Å². The second-order valence-corrected chi connectivity index (χ2v) is 12.0. The number of ether oxygens (including phenoxy) is 3. The van der Waals surface area contributed by atoms with Gasteiger partial charge in [0.05, 0.1) is 31.4 Å². The highest BCUT2D eigenvalue weighted by atomic mass is 16.5. The molecule has 0 radical (unpaired) electrons. The second-order valence-electron chi connectivity index (χ2n) is 12.0. The first-order valence-electron chi connectivity index (χ1n) is 14.8. The Morgan fingerprint density at radius 3 is 2.71 bits per heavy atom. The van der Waals surface area contributed by atoms with Gasteiger partial charge in [-0.3, -0.25) is 4.57 Å². The summed E-state index contributed by atoms with van der Waals surface area (Å²) in [4.78, 5) is 21.9. The second kappa shape index (κ2) is 10.6. The predicted molar refractivity (Wildman–Crippen MR) is 153 cm³/mol. The molecule has 1 saturated heterocycles. The van der Waals surface area contributed by atoms with Crippen molar-refractivity contribution in [2.75, 3.05) is 13.7 Å². The van der Waals surface area contributed by atoms with E-state index in [0.717, 1.165) is 67.8 Å². The average Bonchev–Trinajstić information content (AvgIpc) is 3.33. The number of hydrogen-bond donors (Lipinski definition) is 0. The van der Waals surface area contributed by atoms with Crippen molar-refractivity contribution in [3.63, 3.8) is 0 Å². The summed E-state index contributed by atoms with van der Waals surface area (Å²) >= 11 is 0. The highest BCUT2D eigenvalue weighted by molar-refractivity contribution is 5.90. The maximum Gasteiger partial charge on any atom is 0.374 e. The average molecular weight is 567 g/mol. The van der Waals surface area contributed by atoms with Crippen molar-refractivity contribution in [1.29, 1.82) is 5.26 Å². The Morgan fingerprint density at radius 2 is 2.00 bits per heavy atom. The molecule has 1 spiro atoms. The van der Waals surface area contributed by atoms with Crippen LogP contribution in [0.2, 0.25) is 0 Å². The number of esters is 1. The van der Waals surface area contributed by atoms with Gasteiger partial charge < -0.3 is 18.6 Å². The lowest BCUT2D eigenvalue weighted by molar-refractivity contribution is -0.0594. The van der Waals surface area contributed by atoms with E-state index in [1.54, 1.807) is 6.07 Å². The lowest BCUT2D eigenvalue weighted by Gasteiger charge is -2.30. The Bertz CT molecular complexity index is 1690. The Balaban J connectivity index is 1.03. The summed E-state index contributed by atoms with van der Waals surface area (Å²) in [5.41, 5.74) is 5.43. The Labute approximate surface area is 244 Å². The zero-order valence-corrected chi connectivity index (χ0v) is 24.0. The van der Waals surface area contributed by atoms with Gasteiger partial charge in [-0.25, -0.2) is 14.8 Å². The molecule has 0 bridgehead atoms. The van der Waals surface area contributed by atoms with Crippen molar-refractivity contribution in [1.82, 2.24) is 14.5 Å². The number of nitriles is 1. The number of pyridine rings is 1. The van der Waals surface area contributed by atoms with Crippen LogP contribution >= 0.6 is 0 Å². The lowest BCUT2D eigenvalue weighted by Crippen LogP contribution is -2.31. The number of aromatic nitrogens is 3. The highest BCUT2D eigenvalue weighted by Crippen LogP contribution is 2.67. The summed E-state index contributed by atoms with van der Waals surface area (Å²) in [6, 6.07) is 15.6. The minimum Gasteiger partial charge on any atom is -0.473 e. The molecule has 4 aromatic rings. The van der Waals surface area contributed by atoms with Gasteiger partial charge in [0.1, 0.15) is 17.9 Å². The maximum atomic E-state index is 12.1. The zero-order chi connectivity index (χ0) is 28.8. The molecule has 9 heteroatoms. The standard InChI is InChI=1S/C33H34N4O5/c1-20-14-21(17-34)6-7-23(20)19-41-29-5-3-4-26(35-29)22-8-11-33(12-9-22)16-25(33)30-36-27-15-28(32(38)39-2)42-31(27)37(30)18-24-10-13-40-24/h3-7,14-15,22,24-25H,8-13,16,18-19H2,1-2H3. The highest BCUT2D eigenvalue weighted by Gasteiger charge is 2.58. The molecule has 9 nitrogen and oxygen atoms in total. The quantitative estimate of drug-likeness (QED) is 0.232. The van der Waals surface area contributed by atoms with Gasteiger partial charge in [-0.15, -0.1) is 0 Å². The smallest absolute Gasteiger partial charge is 0.374 e. The Morgan fingerprint density at radius 1 is 1.17 bits per heavy atom. The van der Waals surface area contributed by atoms with Gasteiger partial charge in [0.25, 0.3) is 0 Å². The molecule has 42 heavy (non-hydrogen) atoms. The van der Waals surface area contributed by atoms with Crippen LogP contribution in [0.4, 0.5) is 0 Å². The topological polar surface area (TPSA) is 112 Å². The van der Waals surface area contributed by atoms with Crippen LogP contribution in [0.15, 0.2) is 46.9 Å². The van der Waals surface area contributed by atoms with Crippen molar-refractivity contribution in [3.8, 4) is 11.9 Å². The van der Waals surface area contributed by atoms with Crippen molar-refractivity contribution in [2.24, 2.45) is 5.41 Å². The van der Waals surface area contributed by atoms with E-state index >= 15 is 0 Å². The Kier molecular flexibility index (Phi) is 6.74. The first-order chi connectivity index (χ1) is 20.5. The van der Waals surface area contributed by atoms with E-state index < -0.39 is 5.97 Å². The number of nitrogens with zero attached hydrogens (tertiary/aromatic N) is 4. The molecule has 2 saturated carbocycles. The first-order valence-corrected chi connectivity index (χ1v) is 14.8. The van der Waals surface area contributed by atoms with E-state index in [1.807, 2.05) is 37.3 Å². The number of fused-ring (bicyclic) bond motifs is 1. The summed E-state index contributed by atoms with van der Waals surface area (Å²) in [6.07, 6.45) is 6.70. The number of carbonyl (C=O) groups excluding carboxylic acids is 1. The molecule has 1 aliphatic heterocycles. The maximum absolute atomic E-state index is 12.1. The van der Waals surface area contributed by atoms with E-state index in [-0.39, 0.29) is 17.3 Å². The van der Waals surface area contributed by atoms with Gasteiger partial charge in [-0.2, -0.15) is 5.26 Å². The zero-order valence-electron chi connectivity index (χ0n) is 24.0. The van der Waals surface area contributed by atoms with Gasteiger partial charge in [0.15, 0.2) is 0 Å². The van der Waals surface area contributed by atoms with E-state index in [4.69, 9.17) is 33.9 Å². The predicted octanol–water partition coefficient (Wildman–Crippen LogP) is 6.19. The fourth-order valence-electron chi connectivity index (χ4n) is 6.78. The number of benzene rings is 1. The fourth-order valence-corrected chi connectivity index (χ4v) is 6.78. The van der Waals surface area contributed by atoms with E-state index in [2.05, 4.69) is 16.7 Å². The molecule has 4 heterocycles. The molecule has 0 amide bonds. The lowest BCUT2D eigenvalue weighted by atomic mass is 9.77. The largest absolute Gasteiger partial charge is 0.473 e. The monoisotopic (exact) mass is 566 g/mol. The van der Waals surface area contributed by atoms with Gasteiger partial charge in [-0.05, 0) is 80.2 Å². The van der Waals surface area contributed by atoms with Crippen molar-refractivity contribution < 1.29 is 23.4 Å². The van der Waals surface area contributed by atoms with Crippen LogP contribution < -0.4 is 4.74 Å². The molecular formula is C33H34N4O5. The van der Waals surface area contributed by atoms with Crippen molar-refractivity contribution in [2.45, 2.75) is 76.5 Å². The number of rotatable bonds is 8. The third-order valence-corrected chi connectivity index (χ3v) is 9.51. The fraction of sp³-hybridized carbons (Fsp3) is 0.455. The summed E-state index contributed by atoms with van der Waals surface area (Å²) in [5, 5.41) is 9.12. The molecule has 7 rings (SSSR count). The van der Waals surface area contributed by atoms with Crippen LogP contribution in [-0.2, 0) is 22.6 Å². The van der Waals surface area contributed by atoms with Gasteiger partial charge in [0, 0.05) is 36.3 Å². The SMILES string of the molecule is COC(=O)c1cc2nc(C3CC34CCC(c3cccc(OCc5ccc(C#N)cc5C)n3)CC4)n(CC3CCO3)c2o1. The number of carbonyl (C=O) groups is 1. The third-order valence-electron chi connectivity index (χ3n) is 9.51. The van der Waals surface area contributed by atoms with Crippen LogP contribution in [0.25, 0.3) is 11.2 Å². The molecule has 3 aliphatic rings. The molecule has 2 atom stereocenters. The van der Waals surface area contributed by atoms with Crippen molar-refractivity contribution >= 4 is 17.2 Å². The summed E-state index contributed by atoms with van der Waals surface area (Å²) < 4.78 is 24.7. The number of furan rings is 1. The number of hydrogen-bond acceptors (Lipinski definition) is 8. The number of methoxy groups -OCH3 is 1. The molecule has 1 aromatic carbocycles. The molecule has 2 aliphatic carbocycles. The summed E-state index contributed by atoms with van der Waals surface area (Å²) in [5.74, 6) is 2.16. The van der Waals surface area contributed by atoms with Crippen LogP contribution in [0, 0.1) is 23.7 Å². The summed E-state index contributed by atoms with van der Waals surface area (Å²) in [7, 11) is 1.35. The molecular weight excluding hydrogens is 532 g/mol. The first kappa shape index (κ1) is 26.7. The van der Waals surface area contributed by atoms with E-state index in [1.165, 1.54) is 7.11 Å². The van der Waals surface area contributed by atoms with Crippen molar-refractivity contribution in [3.05, 3.63) is 76.4 Å². The molecule has 0 N–H and O–H groups in total. The third kappa shape index (κ3) is 4.84. The normalized spacial score (nSPS) is 24.7. The number of imidazole rings is 1. The molecule has 3 aromatic heterocycles. The minimum atomic E-state index is -0.491. The van der Waals surface area contributed by atoms with Gasteiger partial charge in [-0.1, -0.05) is 12.1 Å². The van der Waals surface area contributed by atoms with Gasteiger partial charge >= 0.3 is 5.97 Å². The van der Waals surface area contributed by atoms with E-state index in [0.29, 0.717) is 47.7 Å². The summed E-state index contributed by atoms with van der Waals surface area (Å²) in [6.45, 7) is 3.89. The Hall–Kier alpha value is -4.16. The van der Waals surface area contributed by atoms with Crippen LogP contribution in [0.5, 0.6) is 5.88 Å². The molecule has 216 valence electrons. The van der Waals surface area contributed by atoms with E-state index in [9.17, 15) is 4.79 Å². The van der Waals surface area contributed by atoms with Crippen LogP contribution in [0.1, 0.15) is 89.1 Å². The minimum absolute atomic E-state index is 0.152.